The Labute approximate surface area is 128 Å². The van der Waals surface area contributed by atoms with E-state index >= 15 is 0 Å². The van der Waals surface area contributed by atoms with E-state index in [1.165, 1.54) is 11.1 Å². The molecule has 0 aromatic heterocycles. The van der Waals surface area contributed by atoms with Crippen molar-refractivity contribution >= 4 is 0 Å². The fourth-order valence-corrected chi connectivity index (χ4v) is 1.24. The third kappa shape index (κ3) is 16.4. The van der Waals surface area contributed by atoms with Crippen LogP contribution in [0.2, 0.25) is 0 Å². The third-order valence-corrected chi connectivity index (χ3v) is 2.03. The summed E-state index contributed by atoms with van der Waals surface area (Å²) in [7, 11) is 0. The van der Waals surface area contributed by atoms with Gasteiger partial charge in [-0.15, -0.1) is 0 Å². The highest BCUT2D eigenvalue weighted by atomic mass is 13.9. The molecule has 0 N–H and O–H groups in total. The summed E-state index contributed by atoms with van der Waals surface area (Å²) >= 11 is 0. The molecule has 0 amide bonds. The van der Waals surface area contributed by atoms with Crippen LogP contribution in [0.25, 0.3) is 0 Å². The molecule has 0 rings (SSSR count). The molecule has 0 radical (unpaired) electrons. The van der Waals surface area contributed by atoms with E-state index in [0.717, 1.165) is 6.42 Å². The summed E-state index contributed by atoms with van der Waals surface area (Å²) in [6, 6.07) is 0. The van der Waals surface area contributed by atoms with Crippen LogP contribution in [0.4, 0.5) is 0 Å². The Kier molecular flexibility index (Phi) is 26.6. The van der Waals surface area contributed by atoms with Gasteiger partial charge < -0.3 is 0 Å². The monoisotopic (exact) mass is 274 g/mol. The first-order valence-corrected chi connectivity index (χ1v) is 7.74. The summed E-state index contributed by atoms with van der Waals surface area (Å²) in [5.41, 5.74) is 2.43. The van der Waals surface area contributed by atoms with Crippen LogP contribution >= 0.6 is 0 Å². The summed E-state index contributed by atoms with van der Waals surface area (Å²) in [4.78, 5) is 0. The molecule has 0 aliphatic rings. The van der Waals surface area contributed by atoms with Crippen LogP contribution in [0.15, 0.2) is 72.4 Å². The maximum atomic E-state index is 3.66. The molecule has 20 heavy (non-hydrogen) atoms. The molecule has 114 valence electrons. The Hall–Kier alpha value is -1.56. The first kappa shape index (κ1) is 23.5. The van der Waals surface area contributed by atoms with Gasteiger partial charge in [-0.2, -0.15) is 0 Å². The minimum Gasteiger partial charge on any atom is -0.0991 e. The van der Waals surface area contributed by atoms with Gasteiger partial charge in [0.15, 0.2) is 0 Å². The van der Waals surface area contributed by atoms with Gasteiger partial charge in [0.1, 0.15) is 0 Å². The average Bonchev–Trinajstić information content (AvgIpc) is 2.52. The third-order valence-electron chi connectivity index (χ3n) is 2.03. The predicted octanol–water partition coefficient (Wildman–Crippen LogP) is 7.20. The number of allylic oxidation sites excluding steroid dienone is 11. The van der Waals surface area contributed by atoms with Gasteiger partial charge in [0.05, 0.1) is 0 Å². The highest BCUT2D eigenvalue weighted by molar-refractivity contribution is 5.39. The number of hydrogen-bond donors (Lipinski definition) is 0. The van der Waals surface area contributed by atoms with Gasteiger partial charge in [-0.25, -0.2) is 0 Å². The zero-order chi connectivity index (χ0) is 16.2. The molecule has 0 aromatic rings. The van der Waals surface area contributed by atoms with Gasteiger partial charge in [-0.3, -0.25) is 0 Å². The fraction of sp³-hybridized carbons (Fsp3) is 0.400. The van der Waals surface area contributed by atoms with Gasteiger partial charge in [0, 0.05) is 0 Å². The second-order valence-electron chi connectivity index (χ2n) is 3.33. The minimum absolute atomic E-state index is 1.05. The number of rotatable bonds is 6. The summed E-state index contributed by atoms with van der Waals surface area (Å²) < 4.78 is 0. The standard InChI is InChI=1S/C16H22.2C2H6/c1-5-9-12-15(8-4)13-14-16(10-6-2)11-7-3;2*1-2/h5-6,8-14H,1,7H2,2-4H3;2*1-2H3/b10-6-,12-9-,14-13+,15-8+,16-11+;;. The first-order chi connectivity index (χ1) is 9.78. The molecule has 0 aromatic carbocycles. The van der Waals surface area contributed by atoms with Crippen molar-refractivity contribution in [2.45, 2.75) is 54.9 Å². The van der Waals surface area contributed by atoms with Crippen LogP contribution in [0.1, 0.15) is 54.9 Å². The topological polar surface area (TPSA) is 0 Å². The molecule has 0 bridgehead atoms. The second kappa shape index (κ2) is 22.6. The van der Waals surface area contributed by atoms with Gasteiger partial charge in [0.2, 0.25) is 0 Å². The molecule has 0 aliphatic heterocycles. The molecular formula is C20H34. The Morgan fingerprint density at radius 2 is 1.40 bits per heavy atom. The lowest BCUT2D eigenvalue weighted by Crippen LogP contribution is -1.74. The largest absolute Gasteiger partial charge is 0.0991 e. The molecule has 0 unspecified atom stereocenters. The smallest absolute Gasteiger partial charge is 0.0299 e. The van der Waals surface area contributed by atoms with E-state index in [4.69, 9.17) is 0 Å². The molecule has 0 fully saturated rings. The summed E-state index contributed by atoms with van der Waals surface area (Å²) in [6.45, 7) is 17.9. The SMILES string of the molecule is C=C\C=C/C(/C=C/C(/C=C\C)=C/CC)=C\C.CC.CC. The molecule has 0 saturated carbocycles. The zero-order valence-electron chi connectivity index (χ0n) is 14.6. The molecule has 0 nitrogen and oxygen atoms in total. The first-order valence-electron chi connectivity index (χ1n) is 7.74. The fourth-order valence-electron chi connectivity index (χ4n) is 1.24. The molecule has 0 heteroatoms. The quantitative estimate of drug-likeness (QED) is 0.449. The second-order valence-corrected chi connectivity index (χ2v) is 3.33. The summed E-state index contributed by atoms with van der Waals surface area (Å²) in [5, 5.41) is 0. The lowest BCUT2D eigenvalue weighted by Gasteiger charge is -1.95. The van der Waals surface area contributed by atoms with Crippen molar-refractivity contribution in [2.75, 3.05) is 0 Å². The number of hydrogen-bond acceptors (Lipinski definition) is 0. The van der Waals surface area contributed by atoms with Gasteiger partial charge in [-0.05, 0) is 31.4 Å². The minimum atomic E-state index is 1.05. The Balaban J connectivity index is -0.000000656. The van der Waals surface area contributed by atoms with Gasteiger partial charge in [0.25, 0.3) is 0 Å². The van der Waals surface area contributed by atoms with Crippen molar-refractivity contribution in [1.29, 1.82) is 0 Å². The molecular weight excluding hydrogens is 240 g/mol. The van der Waals surface area contributed by atoms with Crippen molar-refractivity contribution in [3.8, 4) is 0 Å². The molecule has 0 aliphatic carbocycles. The maximum absolute atomic E-state index is 3.66. The molecule has 0 heterocycles. The summed E-state index contributed by atoms with van der Waals surface area (Å²) in [6.07, 6.45) is 19.5. The maximum Gasteiger partial charge on any atom is -0.0299 e. The van der Waals surface area contributed by atoms with E-state index in [0.29, 0.717) is 0 Å². The van der Waals surface area contributed by atoms with E-state index in [9.17, 15) is 0 Å². The lowest BCUT2D eigenvalue weighted by molar-refractivity contribution is 1.21. The van der Waals surface area contributed by atoms with E-state index in [-0.39, 0.29) is 0 Å². The van der Waals surface area contributed by atoms with E-state index in [2.05, 4.69) is 50.0 Å². The van der Waals surface area contributed by atoms with Crippen molar-refractivity contribution < 1.29 is 0 Å². The van der Waals surface area contributed by atoms with Crippen LogP contribution in [-0.2, 0) is 0 Å². The van der Waals surface area contributed by atoms with Gasteiger partial charge in [-0.1, -0.05) is 95.9 Å². The highest BCUT2D eigenvalue weighted by Gasteiger charge is 1.86. The Morgan fingerprint density at radius 3 is 1.80 bits per heavy atom. The highest BCUT2D eigenvalue weighted by Crippen LogP contribution is 2.06. The van der Waals surface area contributed by atoms with Crippen molar-refractivity contribution in [1.82, 2.24) is 0 Å². The lowest BCUT2D eigenvalue weighted by atomic mass is 10.1. The predicted molar refractivity (Wildman–Crippen MR) is 98.1 cm³/mol. The molecule has 0 spiro atoms. The van der Waals surface area contributed by atoms with E-state index < -0.39 is 0 Å². The Bertz CT molecular complexity index is 333. The average molecular weight is 274 g/mol. The van der Waals surface area contributed by atoms with Crippen LogP contribution in [0.3, 0.4) is 0 Å². The molecule has 0 saturated heterocycles. The van der Waals surface area contributed by atoms with Crippen LogP contribution in [0, 0.1) is 0 Å². The zero-order valence-corrected chi connectivity index (χ0v) is 14.6. The van der Waals surface area contributed by atoms with Gasteiger partial charge >= 0.3 is 0 Å². The van der Waals surface area contributed by atoms with Crippen LogP contribution in [0.5, 0.6) is 0 Å². The van der Waals surface area contributed by atoms with Crippen molar-refractivity contribution in [3.63, 3.8) is 0 Å². The van der Waals surface area contributed by atoms with Crippen molar-refractivity contribution in [2.24, 2.45) is 0 Å². The normalized spacial score (nSPS) is 12.2. The van der Waals surface area contributed by atoms with Crippen molar-refractivity contribution in [3.05, 3.63) is 72.4 Å². The van der Waals surface area contributed by atoms with E-state index in [1.807, 2.05) is 53.7 Å². The summed E-state index contributed by atoms with van der Waals surface area (Å²) in [5.74, 6) is 0. The molecule has 0 atom stereocenters. The van der Waals surface area contributed by atoms with Crippen LogP contribution in [-0.4, -0.2) is 0 Å². The Morgan fingerprint density at radius 1 is 0.850 bits per heavy atom. The van der Waals surface area contributed by atoms with Crippen LogP contribution < -0.4 is 0 Å². The van der Waals surface area contributed by atoms with E-state index in [1.54, 1.807) is 6.08 Å².